The summed E-state index contributed by atoms with van der Waals surface area (Å²) >= 11 is 6.21. The molecule has 0 radical (unpaired) electrons. The van der Waals surface area contributed by atoms with Crippen molar-refractivity contribution in [2.45, 2.75) is 35.3 Å². The average molecular weight is 636 g/mol. The topological polar surface area (TPSA) is 93.4 Å². The minimum atomic E-state index is -6.11. The zero-order valence-corrected chi connectivity index (χ0v) is 23.3. The summed E-state index contributed by atoms with van der Waals surface area (Å²) in [5.74, 6) is 0. The fourth-order valence-corrected chi connectivity index (χ4v) is 5.94. The molecule has 1 aliphatic rings. The highest BCUT2D eigenvalue weighted by Gasteiger charge is 2.74. The summed E-state index contributed by atoms with van der Waals surface area (Å²) in [5, 5.41) is 23.7. The van der Waals surface area contributed by atoms with Crippen LogP contribution in [0.5, 0.6) is 0 Å². The van der Waals surface area contributed by atoms with Gasteiger partial charge in [-0.1, -0.05) is 60.1 Å². The number of nitrogens with zero attached hydrogens (tertiary/aromatic N) is 3. The third kappa shape index (κ3) is 5.73. The molecule has 1 heterocycles. The standard InChI is InChI=1S/C27H24ClF6N3O4S/c1-36(13-14-38)42(40,41)20-6-4-5-19(15-20)17-9-11-18(12-10-17)23-16-24(25(39,26(29,30)31)27(32,33)34)35-37(23)22-8-3-2-7-21(22)28/h2-12,15,23,38-39H,13-14,16H2,1H3. The van der Waals surface area contributed by atoms with Gasteiger partial charge in [-0.2, -0.15) is 35.7 Å². The number of para-hydroxylation sites is 1. The molecule has 2 N–H and O–H groups in total. The van der Waals surface area contributed by atoms with Crippen molar-refractivity contribution in [2.75, 3.05) is 25.2 Å². The van der Waals surface area contributed by atoms with Gasteiger partial charge in [0.25, 0.3) is 5.60 Å². The molecule has 1 aliphatic heterocycles. The van der Waals surface area contributed by atoms with Crippen LogP contribution in [0.1, 0.15) is 18.0 Å². The fourth-order valence-electron chi connectivity index (χ4n) is 4.51. The number of hydrogen-bond donors (Lipinski definition) is 2. The van der Waals surface area contributed by atoms with E-state index < -0.39 is 46.2 Å². The number of rotatable bonds is 8. The molecule has 15 heteroatoms. The van der Waals surface area contributed by atoms with Crippen LogP contribution < -0.4 is 5.01 Å². The van der Waals surface area contributed by atoms with Crippen molar-refractivity contribution in [3.05, 3.63) is 83.4 Å². The first-order chi connectivity index (χ1) is 19.5. The molecule has 3 aromatic rings. The molecular formula is C27H24ClF6N3O4S. The van der Waals surface area contributed by atoms with E-state index in [4.69, 9.17) is 16.7 Å². The molecule has 0 spiro atoms. The van der Waals surface area contributed by atoms with Gasteiger partial charge < -0.3 is 10.2 Å². The van der Waals surface area contributed by atoms with Gasteiger partial charge in [0.1, 0.15) is 0 Å². The van der Waals surface area contributed by atoms with Crippen LogP contribution in [0.3, 0.4) is 0 Å². The number of anilines is 1. The zero-order valence-electron chi connectivity index (χ0n) is 21.7. The normalized spacial score (nSPS) is 16.7. The lowest BCUT2D eigenvalue weighted by molar-refractivity contribution is -0.338. The first-order valence-electron chi connectivity index (χ1n) is 12.3. The molecule has 3 aromatic carbocycles. The molecule has 0 aliphatic carbocycles. The Morgan fingerprint density at radius 1 is 0.952 bits per heavy atom. The molecule has 1 atom stereocenters. The van der Waals surface area contributed by atoms with Crippen LogP contribution in [0.25, 0.3) is 11.1 Å². The second kappa shape index (κ2) is 11.5. The molecule has 0 aromatic heterocycles. The average Bonchev–Trinajstić information content (AvgIpc) is 3.37. The van der Waals surface area contributed by atoms with Gasteiger partial charge in [-0.25, -0.2) is 8.42 Å². The van der Waals surface area contributed by atoms with Crippen LogP contribution in [-0.2, 0) is 10.0 Å². The highest BCUT2D eigenvalue weighted by atomic mass is 35.5. The lowest BCUT2D eigenvalue weighted by Crippen LogP contribution is -2.62. The smallest absolute Gasteiger partial charge is 0.395 e. The number of alkyl halides is 6. The van der Waals surface area contributed by atoms with E-state index in [1.807, 2.05) is 0 Å². The molecule has 7 nitrogen and oxygen atoms in total. The third-order valence-electron chi connectivity index (χ3n) is 6.83. The van der Waals surface area contributed by atoms with Gasteiger partial charge in [-0.15, -0.1) is 0 Å². The predicted octanol–water partition coefficient (Wildman–Crippen LogP) is 5.78. The molecule has 226 valence electrons. The molecule has 0 bridgehead atoms. The predicted molar refractivity (Wildman–Crippen MR) is 145 cm³/mol. The number of aliphatic hydroxyl groups is 2. The second-order valence-corrected chi connectivity index (χ2v) is 11.9. The van der Waals surface area contributed by atoms with Gasteiger partial charge in [0.05, 0.1) is 34.0 Å². The number of aliphatic hydroxyl groups excluding tert-OH is 1. The van der Waals surface area contributed by atoms with E-state index in [0.717, 1.165) is 9.31 Å². The molecule has 0 amide bonds. The van der Waals surface area contributed by atoms with Gasteiger partial charge >= 0.3 is 12.4 Å². The van der Waals surface area contributed by atoms with Crippen molar-refractivity contribution in [1.82, 2.24) is 4.31 Å². The van der Waals surface area contributed by atoms with Gasteiger partial charge in [-0.05, 0) is 41.0 Å². The minimum Gasteiger partial charge on any atom is -0.395 e. The van der Waals surface area contributed by atoms with Crippen LogP contribution in [0.2, 0.25) is 5.02 Å². The Morgan fingerprint density at radius 3 is 2.14 bits per heavy atom. The van der Waals surface area contributed by atoms with Gasteiger partial charge in [0.2, 0.25) is 10.0 Å². The van der Waals surface area contributed by atoms with E-state index in [1.165, 1.54) is 73.8 Å². The summed E-state index contributed by atoms with van der Waals surface area (Å²) in [7, 11) is -2.59. The van der Waals surface area contributed by atoms with Crippen molar-refractivity contribution < 1.29 is 45.0 Å². The summed E-state index contributed by atoms with van der Waals surface area (Å²) in [6.07, 6.45) is -13.1. The summed E-state index contributed by atoms with van der Waals surface area (Å²) < 4.78 is 109. The number of hydrogen-bond acceptors (Lipinski definition) is 6. The van der Waals surface area contributed by atoms with Gasteiger partial charge in [-0.3, -0.25) is 5.01 Å². The molecule has 0 saturated carbocycles. The Balaban J connectivity index is 1.74. The van der Waals surface area contributed by atoms with Crippen LogP contribution in [0.4, 0.5) is 32.0 Å². The van der Waals surface area contributed by atoms with Crippen molar-refractivity contribution in [3.8, 4) is 11.1 Å². The first kappa shape index (κ1) is 31.8. The van der Waals surface area contributed by atoms with Gasteiger partial charge in [0.15, 0.2) is 0 Å². The molecule has 42 heavy (non-hydrogen) atoms. The molecule has 4 rings (SSSR count). The lowest BCUT2D eigenvalue weighted by Gasteiger charge is -2.32. The van der Waals surface area contributed by atoms with E-state index in [1.54, 1.807) is 6.07 Å². The van der Waals surface area contributed by atoms with Crippen LogP contribution in [0, 0.1) is 0 Å². The van der Waals surface area contributed by atoms with E-state index in [0.29, 0.717) is 11.1 Å². The summed E-state index contributed by atoms with van der Waals surface area (Å²) in [6.45, 7) is -0.496. The van der Waals surface area contributed by atoms with Crippen molar-refractivity contribution in [3.63, 3.8) is 0 Å². The fraction of sp³-hybridized carbons (Fsp3) is 0.296. The van der Waals surface area contributed by atoms with Crippen molar-refractivity contribution in [1.29, 1.82) is 0 Å². The van der Waals surface area contributed by atoms with Crippen LogP contribution >= 0.6 is 11.6 Å². The third-order valence-corrected chi connectivity index (χ3v) is 9.01. The minimum absolute atomic E-state index is 0.0101. The van der Waals surface area contributed by atoms with Crippen molar-refractivity contribution >= 4 is 33.0 Å². The lowest BCUT2D eigenvalue weighted by atomic mass is 9.89. The van der Waals surface area contributed by atoms with Crippen molar-refractivity contribution in [2.24, 2.45) is 5.10 Å². The summed E-state index contributed by atoms with van der Waals surface area (Å²) in [5.41, 5.74) is -5.47. The van der Waals surface area contributed by atoms with E-state index in [-0.39, 0.29) is 34.3 Å². The number of benzene rings is 3. The van der Waals surface area contributed by atoms with Crippen LogP contribution in [0.15, 0.2) is 82.8 Å². The summed E-state index contributed by atoms with van der Waals surface area (Å²) in [4.78, 5) is -0.0441. The van der Waals surface area contributed by atoms with Crippen LogP contribution in [-0.4, -0.2) is 66.8 Å². The number of sulfonamides is 1. The molecule has 1 unspecified atom stereocenters. The Kier molecular flexibility index (Phi) is 8.69. The van der Waals surface area contributed by atoms with E-state index in [9.17, 15) is 39.9 Å². The molecular weight excluding hydrogens is 612 g/mol. The molecule has 0 saturated heterocycles. The Labute approximate surface area is 242 Å². The maximum Gasteiger partial charge on any atom is 0.431 e. The van der Waals surface area contributed by atoms with Gasteiger partial charge in [0, 0.05) is 20.0 Å². The maximum absolute atomic E-state index is 13.7. The van der Waals surface area contributed by atoms with E-state index >= 15 is 0 Å². The Bertz CT molecular complexity index is 1570. The SMILES string of the molecule is CN(CCO)S(=O)(=O)c1cccc(-c2ccc(C3CC(C(O)(C(F)(F)F)C(F)(F)F)=NN3c3ccccc3Cl)cc2)c1. The van der Waals surface area contributed by atoms with E-state index in [2.05, 4.69) is 5.10 Å². The largest absolute Gasteiger partial charge is 0.431 e. The number of likely N-dealkylation sites (N-methyl/N-ethyl adjacent to an activating group) is 1. The quantitative estimate of drug-likeness (QED) is 0.306. The zero-order chi connectivity index (χ0) is 31.1. The highest BCUT2D eigenvalue weighted by molar-refractivity contribution is 7.89. The number of hydrazone groups is 1. The monoisotopic (exact) mass is 635 g/mol. The highest BCUT2D eigenvalue weighted by Crippen LogP contribution is 2.49. The molecule has 0 fully saturated rings. The maximum atomic E-state index is 13.7. The Morgan fingerprint density at radius 2 is 1.57 bits per heavy atom. The first-order valence-corrected chi connectivity index (χ1v) is 14.1. The Hall–Kier alpha value is -3.17. The summed E-state index contributed by atoms with van der Waals surface area (Å²) in [6, 6.07) is 16.4. The number of halogens is 7. The second-order valence-electron chi connectivity index (χ2n) is 9.47.